The molecule has 1 unspecified atom stereocenters. The van der Waals surface area contributed by atoms with Gasteiger partial charge in [0.05, 0.1) is 6.04 Å². The highest BCUT2D eigenvalue weighted by molar-refractivity contribution is 9.10. The van der Waals surface area contributed by atoms with E-state index >= 15 is 0 Å². The first-order valence-corrected chi connectivity index (χ1v) is 7.16. The van der Waals surface area contributed by atoms with Crippen LogP contribution in [0.25, 0.3) is 0 Å². The zero-order valence-electron chi connectivity index (χ0n) is 11.1. The quantitative estimate of drug-likeness (QED) is 0.868. The van der Waals surface area contributed by atoms with Crippen molar-refractivity contribution in [2.24, 2.45) is 0 Å². The molecule has 2 aromatic carbocycles. The van der Waals surface area contributed by atoms with Crippen molar-refractivity contribution in [3.63, 3.8) is 0 Å². The first-order valence-electron chi connectivity index (χ1n) is 6.36. The molecule has 0 aromatic heterocycles. The molecule has 2 aromatic rings. The van der Waals surface area contributed by atoms with Gasteiger partial charge < -0.3 is 5.32 Å². The van der Waals surface area contributed by atoms with Crippen LogP contribution in [0.1, 0.15) is 29.7 Å². The molecule has 3 heteroatoms. The van der Waals surface area contributed by atoms with Crippen molar-refractivity contribution in [3.8, 4) is 0 Å². The minimum absolute atomic E-state index is 0.00400. The van der Waals surface area contributed by atoms with Crippen molar-refractivity contribution in [1.29, 1.82) is 0 Å². The van der Waals surface area contributed by atoms with Gasteiger partial charge in [-0.05, 0) is 42.8 Å². The summed E-state index contributed by atoms with van der Waals surface area (Å²) in [4.78, 5) is 0. The summed E-state index contributed by atoms with van der Waals surface area (Å²) in [5.74, 6) is -0.215. The SMILES string of the molecule is CCNC(c1ccc(C)cc1)c1cc(F)ccc1Br. The molecule has 0 saturated carbocycles. The van der Waals surface area contributed by atoms with Gasteiger partial charge in [0, 0.05) is 4.47 Å². The zero-order chi connectivity index (χ0) is 13.8. The summed E-state index contributed by atoms with van der Waals surface area (Å²) in [5, 5.41) is 3.41. The molecule has 100 valence electrons. The van der Waals surface area contributed by atoms with Crippen molar-refractivity contribution < 1.29 is 4.39 Å². The van der Waals surface area contributed by atoms with E-state index in [0.29, 0.717) is 0 Å². The van der Waals surface area contributed by atoms with Gasteiger partial charge in [-0.25, -0.2) is 4.39 Å². The van der Waals surface area contributed by atoms with Gasteiger partial charge in [0.2, 0.25) is 0 Å². The predicted molar refractivity (Wildman–Crippen MR) is 80.8 cm³/mol. The Kier molecular flexibility index (Phi) is 4.72. The topological polar surface area (TPSA) is 12.0 Å². The van der Waals surface area contributed by atoms with Gasteiger partial charge in [-0.3, -0.25) is 0 Å². The number of halogens is 2. The summed E-state index contributed by atoms with van der Waals surface area (Å²) in [6.45, 7) is 4.93. The second kappa shape index (κ2) is 6.31. The largest absolute Gasteiger partial charge is 0.306 e. The third-order valence-corrected chi connectivity index (χ3v) is 3.81. The molecule has 0 radical (unpaired) electrons. The lowest BCUT2D eigenvalue weighted by atomic mass is 9.97. The molecule has 0 saturated heterocycles. The molecule has 1 N–H and O–H groups in total. The van der Waals surface area contributed by atoms with Crippen LogP contribution in [0.5, 0.6) is 0 Å². The summed E-state index contributed by atoms with van der Waals surface area (Å²) in [6.07, 6.45) is 0. The van der Waals surface area contributed by atoms with E-state index in [4.69, 9.17) is 0 Å². The lowest BCUT2D eigenvalue weighted by Gasteiger charge is -2.20. The van der Waals surface area contributed by atoms with E-state index in [9.17, 15) is 4.39 Å². The Morgan fingerprint density at radius 1 is 1.16 bits per heavy atom. The summed E-state index contributed by atoms with van der Waals surface area (Å²) in [6, 6.07) is 13.1. The Hall–Kier alpha value is -1.19. The van der Waals surface area contributed by atoms with E-state index in [0.717, 1.165) is 22.1 Å². The number of hydrogen-bond acceptors (Lipinski definition) is 1. The summed E-state index contributed by atoms with van der Waals surface area (Å²) in [5.41, 5.74) is 3.28. The van der Waals surface area contributed by atoms with E-state index < -0.39 is 0 Å². The second-order valence-electron chi connectivity index (χ2n) is 4.57. The molecule has 0 aliphatic rings. The third kappa shape index (κ3) is 3.43. The molecule has 19 heavy (non-hydrogen) atoms. The molecule has 0 spiro atoms. The summed E-state index contributed by atoms with van der Waals surface area (Å²) < 4.78 is 14.4. The fourth-order valence-electron chi connectivity index (χ4n) is 2.11. The van der Waals surface area contributed by atoms with Crippen LogP contribution < -0.4 is 5.32 Å². The molecule has 0 bridgehead atoms. The van der Waals surface area contributed by atoms with E-state index in [1.165, 1.54) is 11.6 Å². The standard InChI is InChI=1S/C16H17BrFN/c1-3-19-16(12-6-4-11(2)5-7-12)14-10-13(18)8-9-15(14)17/h4-10,16,19H,3H2,1-2H3. The van der Waals surface area contributed by atoms with Crippen LogP contribution in [0.15, 0.2) is 46.9 Å². The van der Waals surface area contributed by atoms with Gasteiger partial charge in [0.25, 0.3) is 0 Å². The summed E-state index contributed by atoms with van der Waals surface area (Å²) >= 11 is 3.51. The maximum Gasteiger partial charge on any atom is 0.123 e. The fourth-order valence-corrected chi connectivity index (χ4v) is 2.58. The molecule has 2 rings (SSSR count). The van der Waals surface area contributed by atoms with Crippen LogP contribution in [-0.2, 0) is 0 Å². The average Bonchev–Trinajstić information content (AvgIpc) is 2.40. The average molecular weight is 322 g/mol. The minimum atomic E-state index is -0.215. The Morgan fingerprint density at radius 2 is 1.84 bits per heavy atom. The number of nitrogens with one attached hydrogen (secondary N) is 1. The Labute approximate surface area is 122 Å². The highest BCUT2D eigenvalue weighted by Gasteiger charge is 2.16. The Balaban J connectivity index is 2.44. The van der Waals surface area contributed by atoms with E-state index in [1.807, 2.05) is 6.92 Å². The minimum Gasteiger partial charge on any atom is -0.306 e. The first-order chi connectivity index (χ1) is 9.11. The number of rotatable bonds is 4. The Morgan fingerprint density at radius 3 is 2.47 bits per heavy atom. The maximum absolute atomic E-state index is 13.5. The molecule has 0 fully saturated rings. The number of hydrogen-bond donors (Lipinski definition) is 1. The first kappa shape index (κ1) is 14.2. The van der Waals surface area contributed by atoms with Crippen LogP contribution in [-0.4, -0.2) is 6.54 Å². The van der Waals surface area contributed by atoms with E-state index in [-0.39, 0.29) is 11.9 Å². The molecular formula is C16H17BrFN. The Bertz CT molecular complexity index is 551. The fraction of sp³-hybridized carbons (Fsp3) is 0.250. The highest BCUT2D eigenvalue weighted by atomic mass is 79.9. The lowest BCUT2D eigenvalue weighted by molar-refractivity contribution is 0.601. The monoisotopic (exact) mass is 321 g/mol. The molecule has 0 aliphatic carbocycles. The molecular weight excluding hydrogens is 305 g/mol. The van der Waals surface area contributed by atoms with Gasteiger partial charge in [-0.15, -0.1) is 0 Å². The lowest BCUT2D eigenvalue weighted by Crippen LogP contribution is -2.22. The highest BCUT2D eigenvalue weighted by Crippen LogP contribution is 2.29. The predicted octanol–water partition coefficient (Wildman–Crippen LogP) is 4.60. The molecule has 0 aliphatic heterocycles. The van der Waals surface area contributed by atoms with Crippen LogP contribution in [0, 0.1) is 12.7 Å². The molecule has 1 nitrogen and oxygen atoms in total. The van der Waals surface area contributed by atoms with Crippen molar-refractivity contribution in [2.75, 3.05) is 6.54 Å². The van der Waals surface area contributed by atoms with Crippen molar-refractivity contribution >= 4 is 15.9 Å². The van der Waals surface area contributed by atoms with Gasteiger partial charge >= 0.3 is 0 Å². The molecule has 0 heterocycles. The van der Waals surface area contributed by atoms with Gasteiger partial charge in [0.15, 0.2) is 0 Å². The van der Waals surface area contributed by atoms with Crippen molar-refractivity contribution in [2.45, 2.75) is 19.9 Å². The van der Waals surface area contributed by atoms with Crippen LogP contribution in [0.2, 0.25) is 0 Å². The number of aryl methyl sites for hydroxylation is 1. The zero-order valence-corrected chi connectivity index (χ0v) is 12.7. The van der Waals surface area contributed by atoms with E-state index in [2.05, 4.69) is 52.4 Å². The van der Waals surface area contributed by atoms with E-state index in [1.54, 1.807) is 12.1 Å². The van der Waals surface area contributed by atoms with Crippen molar-refractivity contribution in [1.82, 2.24) is 5.32 Å². The van der Waals surface area contributed by atoms with Gasteiger partial charge in [-0.2, -0.15) is 0 Å². The third-order valence-electron chi connectivity index (χ3n) is 3.09. The van der Waals surface area contributed by atoms with Crippen LogP contribution >= 0.6 is 15.9 Å². The van der Waals surface area contributed by atoms with Crippen molar-refractivity contribution in [3.05, 3.63) is 69.4 Å². The summed E-state index contributed by atoms with van der Waals surface area (Å²) in [7, 11) is 0. The van der Waals surface area contributed by atoms with Gasteiger partial charge in [0.1, 0.15) is 5.82 Å². The molecule has 1 atom stereocenters. The van der Waals surface area contributed by atoms with Crippen LogP contribution in [0.3, 0.4) is 0 Å². The number of benzene rings is 2. The smallest absolute Gasteiger partial charge is 0.123 e. The normalized spacial score (nSPS) is 12.4. The van der Waals surface area contributed by atoms with Crippen LogP contribution in [0.4, 0.5) is 4.39 Å². The maximum atomic E-state index is 13.5. The second-order valence-corrected chi connectivity index (χ2v) is 5.42. The molecule has 0 amide bonds. The van der Waals surface area contributed by atoms with Gasteiger partial charge in [-0.1, -0.05) is 52.7 Å².